The van der Waals surface area contributed by atoms with Gasteiger partial charge in [-0.25, -0.2) is 13.8 Å². The molecule has 0 bridgehead atoms. The largest absolute Gasteiger partial charge is 0.497 e. The van der Waals surface area contributed by atoms with Crippen LogP contribution in [0.3, 0.4) is 0 Å². The van der Waals surface area contributed by atoms with E-state index in [4.69, 9.17) is 9.47 Å². The zero-order valence-corrected chi connectivity index (χ0v) is 19.7. The van der Waals surface area contributed by atoms with Gasteiger partial charge >= 0.3 is 0 Å². The third-order valence-corrected chi connectivity index (χ3v) is 7.15. The van der Waals surface area contributed by atoms with Crippen molar-refractivity contribution >= 4 is 33.0 Å². The molecule has 0 aliphatic heterocycles. The van der Waals surface area contributed by atoms with Gasteiger partial charge in [0.2, 0.25) is 0 Å². The number of amides is 1. The number of para-hydroxylation sites is 1. The van der Waals surface area contributed by atoms with Gasteiger partial charge in [-0.3, -0.25) is 19.2 Å². The highest BCUT2D eigenvalue weighted by Crippen LogP contribution is 2.37. The van der Waals surface area contributed by atoms with E-state index in [0.29, 0.717) is 5.75 Å². The van der Waals surface area contributed by atoms with Crippen LogP contribution in [0.4, 0.5) is 11.4 Å². The highest BCUT2D eigenvalue weighted by molar-refractivity contribution is 7.93. The molecular weight excluding hydrogens is 464 g/mol. The number of anilines is 1. The third kappa shape index (κ3) is 5.63. The van der Waals surface area contributed by atoms with Crippen LogP contribution in [0, 0.1) is 10.1 Å². The molecule has 0 atom stereocenters. The maximum atomic E-state index is 13.6. The first kappa shape index (κ1) is 25.0. The number of ether oxygens (including phenoxy) is 2. The normalized spacial score (nSPS) is 13.6. The summed E-state index contributed by atoms with van der Waals surface area (Å²) in [6, 6.07) is 9.31. The van der Waals surface area contributed by atoms with E-state index in [-0.39, 0.29) is 11.4 Å². The van der Waals surface area contributed by atoms with Crippen molar-refractivity contribution in [3.05, 3.63) is 52.6 Å². The topological polar surface area (TPSA) is 140 Å². The van der Waals surface area contributed by atoms with Crippen molar-refractivity contribution in [1.29, 1.82) is 0 Å². The lowest BCUT2D eigenvalue weighted by molar-refractivity contribution is -0.387. The average molecular weight is 491 g/mol. The summed E-state index contributed by atoms with van der Waals surface area (Å²) < 4.78 is 38.5. The second kappa shape index (κ2) is 11.0. The molecule has 0 radical (unpaired) electrons. The summed E-state index contributed by atoms with van der Waals surface area (Å²) in [5, 5.41) is 15.7. The number of nitrogens with one attached hydrogen (secondary N) is 1. The summed E-state index contributed by atoms with van der Waals surface area (Å²) in [6.45, 7) is -0.673. The number of carbonyl (C=O) groups excluding carboxylic acids is 1. The maximum absolute atomic E-state index is 13.6. The molecule has 12 heteroatoms. The van der Waals surface area contributed by atoms with Gasteiger partial charge in [0.25, 0.3) is 21.6 Å². The number of rotatable bonds is 9. The van der Waals surface area contributed by atoms with Crippen molar-refractivity contribution in [2.75, 3.05) is 25.1 Å². The Labute approximate surface area is 197 Å². The minimum absolute atomic E-state index is 0.0157. The SMILES string of the molecule is COc1ccc(N(CC(=O)NN=C2CCCCC2)S(=O)(=O)c2ccccc2[N+](=O)[O-])c(OC)c1. The van der Waals surface area contributed by atoms with Gasteiger partial charge in [-0.15, -0.1) is 0 Å². The Bertz CT molecular complexity index is 1190. The molecule has 11 nitrogen and oxygen atoms in total. The molecule has 2 aromatic carbocycles. The summed E-state index contributed by atoms with van der Waals surface area (Å²) in [7, 11) is -1.78. The van der Waals surface area contributed by atoms with Crippen LogP contribution in [0.15, 0.2) is 52.5 Å². The minimum atomic E-state index is -4.56. The second-order valence-corrected chi connectivity index (χ2v) is 9.38. The fourth-order valence-electron chi connectivity index (χ4n) is 3.61. The lowest BCUT2D eigenvalue weighted by atomic mass is 9.99. The number of hydrazone groups is 1. The number of carbonyl (C=O) groups is 1. The molecule has 34 heavy (non-hydrogen) atoms. The molecule has 182 valence electrons. The van der Waals surface area contributed by atoms with Gasteiger partial charge in [0, 0.05) is 17.8 Å². The number of nitro groups is 1. The predicted octanol–water partition coefficient (Wildman–Crippen LogP) is 3.24. The summed E-state index contributed by atoms with van der Waals surface area (Å²) in [5.41, 5.74) is 2.67. The first-order valence-electron chi connectivity index (χ1n) is 10.6. The molecule has 1 N–H and O–H groups in total. The molecular formula is C22H26N4O7S. The monoisotopic (exact) mass is 490 g/mol. The molecule has 0 saturated heterocycles. The Balaban J connectivity index is 2.04. The smallest absolute Gasteiger partial charge is 0.289 e. The zero-order valence-electron chi connectivity index (χ0n) is 18.9. The van der Waals surface area contributed by atoms with Crippen LogP contribution in [0.1, 0.15) is 32.1 Å². The average Bonchev–Trinajstić information content (AvgIpc) is 2.86. The fourth-order valence-corrected chi connectivity index (χ4v) is 5.21. The van der Waals surface area contributed by atoms with E-state index in [1.165, 1.54) is 44.6 Å². The van der Waals surface area contributed by atoms with Gasteiger partial charge in [0.1, 0.15) is 18.0 Å². The summed E-state index contributed by atoms with van der Waals surface area (Å²) >= 11 is 0. The summed E-state index contributed by atoms with van der Waals surface area (Å²) in [6.07, 6.45) is 4.60. The van der Waals surface area contributed by atoms with Crippen LogP contribution in [-0.4, -0.2) is 45.7 Å². The molecule has 0 heterocycles. The molecule has 1 aliphatic rings. The lowest BCUT2D eigenvalue weighted by Gasteiger charge is -2.25. The van der Waals surface area contributed by atoms with Crippen molar-refractivity contribution < 1.29 is 27.6 Å². The highest BCUT2D eigenvalue weighted by atomic mass is 32.2. The zero-order chi connectivity index (χ0) is 24.7. The van der Waals surface area contributed by atoms with Crippen LogP contribution in [0.2, 0.25) is 0 Å². The van der Waals surface area contributed by atoms with Crippen LogP contribution < -0.4 is 19.2 Å². The number of hydrogen-bond donors (Lipinski definition) is 1. The maximum Gasteiger partial charge on any atom is 0.289 e. The number of hydrogen-bond acceptors (Lipinski definition) is 8. The van der Waals surface area contributed by atoms with E-state index in [9.17, 15) is 23.3 Å². The Morgan fingerprint density at radius 3 is 2.47 bits per heavy atom. The standard InChI is InChI=1S/C22H26N4O7S/c1-32-17-12-13-18(20(14-17)33-2)25(15-22(27)24-23-16-8-4-3-5-9-16)34(30,31)21-11-7-6-10-19(21)26(28)29/h6-7,10-14H,3-5,8-9,15H2,1-2H3,(H,24,27). The van der Waals surface area contributed by atoms with Gasteiger partial charge in [0.05, 0.1) is 24.8 Å². The van der Waals surface area contributed by atoms with Crippen molar-refractivity contribution in [3.8, 4) is 11.5 Å². The Morgan fingerprint density at radius 2 is 1.82 bits per heavy atom. The van der Waals surface area contributed by atoms with Gasteiger partial charge in [-0.1, -0.05) is 18.6 Å². The Hall–Kier alpha value is -3.67. The van der Waals surface area contributed by atoms with Gasteiger partial charge in [-0.05, 0) is 43.9 Å². The third-order valence-electron chi connectivity index (χ3n) is 5.34. The Kier molecular flexibility index (Phi) is 8.05. The number of methoxy groups -OCH3 is 2. The van der Waals surface area contributed by atoms with Crippen molar-refractivity contribution in [2.24, 2.45) is 5.10 Å². The molecule has 3 rings (SSSR count). The molecule has 0 spiro atoms. The predicted molar refractivity (Wildman–Crippen MR) is 126 cm³/mol. The molecule has 1 saturated carbocycles. The molecule has 0 unspecified atom stereocenters. The first-order chi connectivity index (χ1) is 16.3. The first-order valence-corrected chi connectivity index (χ1v) is 12.0. The van der Waals surface area contributed by atoms with Gasteiger partial charge in [-0.2, -0.15) is 5.10 Å². The van der Waals surface area contributed by atoms with Crippen LogP contribution >= 0.6 is 0 Å². The second-order valence-electron chi connectivity index (χ2n) is 7.55. The number of benzene rings is 2. The lowest BCUT2D eigenvalue weighted by Crippen LogP contribution is -2.40. The van der Waals surface area contributed by atoms with Crippen molar-refractivity contribution in [3.63, 3.8) is 0 Å². The van der Waals surface area contributed by atoms with Crippen LogP contribution in [-0.2, 0) is 14.8 Å². The fraction of sp³-hybridized carbons (Fsp3) is 0.364. The van der Waals surface area contributed by atoms with E-state index >= 15 is 0 Å². The van der Waals surface area contributed by atoms with Crippen molar-refractivity contribution in [1.82, 2.24) is 5.43 Å². The summed E-state index contributed by atoms with van der Waals surface area (Å²) in [5.74, 6) is -0.192. The molecule has 2 aromatic rings. The van der Waals surface area contributed by atoms with Crippen LogP contribution in [0.5, 0.6) is 11.5 Å². The number of nitrogens with zero attached hydrogens (tertiary/aromatic N) is 3. The van der Waals surface area contributed by atoms with Crippen LogP contribution in [0.25, 0.3) is 0 Å². The minimum Gasteiger partial charge on any atom is -0.497 e. The Morgan fingerprint density at radius 1 is 1.12 bits per heavy atom. The molecule has 1 fully saturated rings. The summed E-state index contributed by atoms with van der Waals surface area (Å²) in [4.78, 5) is 22.9. The molecule has 1 amide bonds. The van der Waals surface area contributed by atoms with E-state index in [1.54, 1.807) is 0 Å². The van der Waals surface area contributed by atoms with Crippen molar-refractivity contribution in [2.45, 2.75) is 37.0 Å². The van der Waals surface area contributed by atoms with Gasteiger partial charge < -0.3 is 9.47 Å². The van der Waals surface area contributed by atoms with Gasteiger partial charge in [0.15, 0.2) is 4.90 Å². The number of nitro benzene ring substituents is 1. The quantitative estimate of drug-likeness (QED) is 0.420. The molecule has 0 aromatic heterocycles. The van der Waals surface area contributed by atoms with E-state index < -0.39 is 38.0 Å². The highest BCUT2D eigenvalue weighted by Gasteiger charge is 2.34. The van der Waals surface area contributed by atoms with E-state index in [2.05, 4.69) is 10.5 Å². The number of sulfonamides is 1. The van der Waals surface area contributed by atoms with E-state index in [1.807, 2.05) is 0 Å². The molecule has 1 aliphatic carbocycles. The van der Waals surface area contributed by atoms with E-state index in [0.717, 1.165) is 54.3 Å².